The molecule has 23 heavy (non-hydrogen) atoms. The Kier molecular flexibility index (Phi) is 6.15. The highest BCUT2D eigenvalue weighted by Gasteiger charge is 2.09. The van der Waals surface area contributed by atoms with Gasteiger partial charge >= 0.3 is 0 Å². The Morgan fingerprint density at radius 1 is 1.22 bits per heavy atom. The largest absolute Gasteiger partial charge is 0.349 e. The molecular formula is C15H17Cl2N5O. The molecule has 8 heteroatoms. The van der Waals surface area contributed by atoms with Crippen LogP contribution in [0.4, 0.5) is 11.5 Å². The highest BCUT2D eigenvalue weighted by atomic mass is 35.5. The van der Waals surface area contributed by atoms with Gasteiger partial charge in [0, 0.05) is 24.2 Å². The van der Waals surface area contributed by atoms with Crippen LogP contribution < -0.4 is 10.6 Å². The number of carbonyl (C=O) groups is 1. The van der Waals surface area contributed by atoms with Crippen molar-refractivity contribution in [3.8, 4) is 0 Å². The molecule has 0 atom stereocenters. The number of hydrogen-bond acceptors (Lipinski definition) is 5. The molecule has 0 spiro atoms. The molecule has 0 unspecified atom stereocenters. The highest BCUT2D eigenvalue weighted by molar-refractivity contribution is 6.35. The predicted octanol–water partition coefficient (Wildman–Crippen LogP) is 2.82. The Morgan fingerprint density at radius 2 is 2.00 bits per heavy atom. The van der Waals surface area contributed by atoms with E-state index in [2.05, 4.69) is 20.6 Å². The lowest BCUT2D eigenvalue weighted by molar-refractivity contribution is 0.0946. The lowest BCUT2D eigenvalue weighted by Crippen LogP contribution is -2.31. The lowest BCUT2D eigenvalue weighted by atomic mass is 10.3. The smallest absolute Gasteiger partial charge is 0.270 e. The van der Waals surface area contributed by atoms with E-state index in [1.807, 2.05) is 19.0 Å². The van der Waals surface area contributed by atoms with Gasteiger partial charge in [0.1, 0.15) is 17.8 Å². The Morgan fingerprint density at radius 3 is 2.74 bits per heavy atom. The van der Waals surface area contributed by atoms with Crippen LogP contribution in [0, 0.1) is 0 Å². The fraction of sp³-hybridized carbons (Fsp3) is 0.267. The van der Waals surface area contributed by atoms with Gasteiger partial charge in [-0.15, -0.1) is 0 Å². The van der Waals surface area contributed by atoms with Crippen molar-refractivity contribution < 1.29 is 4.79 Å². The van der Waals surface area contributed by atoms with Crippen molar-refractivity contribution in [3.63, 3.8) is 0 Å². The average Bonchev–Trinajstić information content (AvgIpc) is 2.51. The minimum absolute atomic E-state index is 0.255. The molecule has 0 saturated heterocycles. The SMILES string of the molecule is CN(C)CCNC(=O)c1cc(Nc2cc(Cl)ccc2Cl)ncn1. The van der Waals surface area contributed by atoms with E-state index in [9.17, 15) is 4.79 Å². The molecule has 122 valence electrons. The molecule has 2 N–H and O–H groups in total. The highest BCUT2D eigenvalue weighted by Crippen LogP contribution is 2.27. The van der Waals surface area contributed by atoms with Crippen molar-refractivity contribution in [1.82, 2.24) is 20.2 Å². The van der Waals surface area contributed by atoms with Crippen molar-refractivity contribution in [2.75, 3.05) is 32.5 Å². The molecule has 0 fully saturated rings. The maximum Gasteiger partial charge on any atom is 0.270 e. The van der Waals surface area contributed by atoms with Crippen LogP contribution in [0.1, 0.15) is 10.5 Å². The normalized spacial score (nSPS) is 10.7. The van der Waals surface area contributed by atoms with E-state index in [0.717, 1.165) is 6.54 Å². The maximum atomic E-state index is 12.1. The van der Waals surface area contributed by atoms with E-state index in [-0.39, 0.29) is 11.6 Å². The standard InChI is InChI=1S/C15H17Cl2N5O/c1-22(2)6-5-18-15(23)13-8-14(20-9-19-13)21-12-7-10(16)3-4-11(12)17/h3-4,7-9H,5-6H2,1-2H3,(H,18,23)(H,19,20,21). The molecule has 1 heterocycles. The summed E-state index contributed by atoms with van der Waals surface area (Å²) in [4.78, 5) is 22.1. The minimum Gasteiger partial charge on any atom is -0.349 e. The molecule has 0 aliphatic heterocycles. The molecule has 1 amide bonds. The summed E-state index contributed by atoms with van der Waals surface area (Å²) in [7, 11) is 3.88. The first-order valence-electron chi connectivity index (χ1n) is 6.93. The molecule has 6 nitrogen and oxygen atoms in total. The first-order chi connectivity index (χ1) is 11.0. The van der Waals surface area contributed by atoms with Crippen molar-refractivity contribution >= 4 is 40.6 Å². The third kappa shape index (κ3) is 5.35. The summed E-state index contributed by atoms with van der Waals surface area (Å²) in [6.07, 6.45) is 1.32. The number of benzene rings is 1. The Balaban J connectivity index is 2.07. The topological polar surface area (TPSA) is 70.2 Å². The number of likely N-dealkylation sites (N-methyl/N-ethyl adjacent to an activating group) is 1. The number of carbonyl (C=O) groups excluding carboxylic acids is 1. The van der Waals surface area contributed by atoms with Crippen LogP contribution in [0.5, 0.6) is 0 Å². The molecule has 0 bridgehead atoms. The summed E-state index contributed by atoms with van der Waals surface area (Å²) in [5.74, 6) is 0.205. The van der Waals surface area contributed by atoms with Gasteiger partial charge in [-0.05, 0) is 32.3 Å². The molecule has 0 aliphatic rings. The zero-order valence-corrected chi connectivity index (χ0v) is 14.3. The van der Waals surface area contributed by atoms with Gasteiger partial charge in [-0.25, -0.2) is 9.97 Å². The van der Waals surface area contributed by atoms with Gasteiger partial charge in [-0.3, -0.25) is 4.79 Å². The lowest BCUT2D eigenvalue weighted by Gasteiger charge is -2.11. The zero-order valence-electron chi connectivity index (χ0n) is 12.8. The fourth-order valence-electron chi connectivity index (χ4n) is 1.76. The summed E-state index contributed by atoms with van der Waals surface area (Å²) >= 11 is 12.0. The van der Waals surface area contributed by atoms with Crippen LogP contribution in [0.15, 0.2) is 30.6 Å². The first-order valence-corrected chi connectivity index (χ1v) is 7.68. The van der Waals surface area contributed by atoms with Gasteiger partial charge in [0.25, 0.3) is 5.91 Å². The third-order valence-electron chi connectivity index (χ3n) is 2.94. The number of nitrogens with zero attached hydrogens (tertiary/aromatic N) is 3. The van der Waals surface area contributed by atoms with Gasteiger partial charge in [0.2, 0.25) is 0 Å². The molecule has 2 aromatic rings. The molecule has 0 aliphatic carbocycles. The third-order valence-corrected chi connectivity index (χ3v) is 3.50. The monoisotopic (exact) mass is 353 g/mol. The summed E-state index contributed by atoms with van der Waals surface area (Å²) < 4.78 is 0. The number of anilines is 2. The number of hydrogen-bond donors (Lipinski definition) is 2. The van der Waals surface area contributed by atoms with Gasteiger partial charge in [0.15, 0.2) is 0 Å². The molecule has 1 aromatic heterocycles. The zero-order chi connectivity index (χ0) is 16.8. The van der Waals surface area contributed by atoms with Gasteiger partial charge < -0.3 is 15.5 Å². The summed E-state index contributed by atoms with van der Waals surface area (Å²) in [5, 5.41) is 6.88. The Labute approximate surface area is 144 Å². The molecule has 0 saturated carbocycles. The van der Waals surface area contributed by atoms with Crippen LogP contribution in [0.25, 0.3) is 0 Å². The molecule has 1 aromatic carbocycles. The molecular weight excluding hydrogens is 337 g/mol. The number of amides is 1. The second-order valence-corrected chi connectivity index (χ2v) is 5.94. The maximum absolute atomic E-state index is 12.1. The van der Waals surface area contributed by atoms with E-state index in [1.165, 1.54) is 6.33 Å². The predicted molar refractivity (Wildman–Crippen MR) is 92.7 cm³/mol. The van der Waals surface area contributed by atoms with Crippen LogP contribution in [0.3, 0.4) is 0 Å². The van der Waals surface area contributed by atoms with Gasteiger partial charge in [-0.2, -0.15) is 0 Å². The van der Waals surface area contributed by atoms with E-state index in [4.69, 9.17) is 23.2 Å². The van der Waals surface area contributed by atoms with E-state index in [0.29, 0.717) is 28.1 Å². The molecule has 0 radical (unpaired) electrons. The Hall–Kier alpha value is -1.89. The number of aromatic nitrogens is 2. The second kappa shape index (κ2) is 8.10. The van der Waals surface area contributed by atoms with E-state index >= 15 is 0 Å². The van der Waals surface area contributed by atoms with Gasteiger partial charge in [0.05, 0.1) is 10.7 Å². The average molecular weight is 354 g/mol. The fourth-order valence-corrected chi connectivity index (χ4v) is 2.10. The van der Waals surface area contributed by atoms with E-state index in [1.54, 1.807) is 24.3 Å². The number of rotatable bonds is 6. The summed E-state index contributed by atoms with van der Waals surface area (Å²) in [6, 6.07) is 6.62. The van der Waals surface area contributed by atoms with Gasteiger partial charge in [-0.1, -0.05) is 23.2 Å². The number of halogens is 2. The van der Waals surface area contributed by atoms with Crippen LogP contribution in [0.2, 0.25) is 10.0 Å². The van der Waals surface area contributed by atoms with Crippen molar-refractivity contribution in [3.05, 3.63) is 46.3 Å². The van der Waals surface area contributed by atoms with Crippen LogP contribution >= 0.6 is 23.2 Å². The summed E-state index contributed by atoms with van der Waals surface area (Å²) in [5.41, 5.74) is 0.885. The molecule has 2 rings (SSSR count). The second-order valence-electron chi connectivity index (χ2n) is 5.10. The van der Waals surface area contributed by atoms with Crippen molar-refractivity contribution in [2.45, 2.75) is 0 Å². The quantitative estimate of drug-likeness (QED) is 0.835. The van der Waals surface area contributed by atoms with Crippen LogP contribution in [-0.2, 0) is 0 Å². The van der Waals surface area contributed by atoms with Crippen LogP contribution in [-0.4, -0.2) is 48.0 Å². The van der Waals surface area contributed by atoms with E-state index < -0.39 is 0 Å². The number of nitrogens with one attached hydrogen (secondary N) is 2. The van der Waals surface area contributed by atoms with Crippen molar-refractivity contribution in [2.24, 2.45) is 0 Å². The first kappa shape index (κ1) is 17.5. The summed E-state index contributed by atoms with van der Waals surface area (Å²) in [6.45, 7) is 1.29. The Bertz CT molecular complexity index is 693. The minimum atomic E-state index is -0.255. The van der Waals surface area contributed by atoms with Crippen molar-refractivity contribution in [1.29, 1.82) is 0 Å².